The first kappa shape index (κ1) is 25.5. The number of aliphatic hydroxyl groups excluding tert-OH is 1. The topological polar surface area (TPSA) is 34.4 Å². The van der Waals surface area contributed by atoms with E-state index >= 15 is 4.39 Å². The van der Waals surface area contributed by atoms with E-state index in [0.717, 1.165) is 22.8 Å². The van der Waals surface area contributed by atoms with Gasteiger partial charge in [0.2, 0.25) is 0 Å². The number of benzene rings is 4. The molecule has 3 nitrogen and oxygen atoms in total. The van der Waals surface area contributed by atoms with E-state index in [0.29, 0.717) is 17.7 Å². The normalized spacial score (nSPS) is 11.7. The highest BCUT2D eigenvalue weighted by molar-refractivity contribution is 5.90. The molecule has 4 aromatic carbocycles. The van der Waals surface area contributed by atoms with Crippen LogP contribution >= 0.6 is 0 Å². The molecule has 194 valence electrons. The highest BCUT2D eigenvalue weighted by atomic mass is 19.4. The average molecular weight is 520 g/mol. The highest BCUT2D eigenvalue weighted by Gasteiger charge is 2.35. The summed E-state index contributed by atoms with van der Waals surface area (Å²) in [6, 6.07) is 26.8. The molecule has 0 atom stereocenters. The predicted octanol–water partition coefficient (Wildman–Crippen LogP) is 7.63. The van der Waals surface area contributed by atoms with Crippen LogP contribution in [-0.2, 0) is 25.7 Å². The predicted molar refractivity (Wildman–Crippen MR) is 139 cm³/mol. The molecule has 1 aromatic heterocycles. The molecule has 5 aromatic rings. The molecule has 5 rings (SSSR count). The summed E-state index contributed by atoms with van der Waals surface area (Å²) in [6.07, 6.45) is -4.16. The fourth-order valence-electron chi connectivity index (χ4n) is 4.61. The summed E-state index contributed by atoms with van der Waals surface area (Å²) in [5.41, 5.74) is 1.86. The Labute approximate surface area is 217 Å². The lowest BCUT2D eigenvalue weighted by molar-refractivity contribution is -0.137. The van der Waals surface area contributed by atoms with Gasteiger partial charge in [-0.3, -0.25) is 0 Å². The minimum atomic E-state index is -4.65. The number of halogens is 4. The van der Waals surface area contributed by atoms with E-state index in [2.05, 4.69) is 0 Å². The Morgan fingerprint density at radius 2 is 1.45 bits per heavy atom. The molecule has 7 heteroatoms. The second-order valence-electron chi connectivity index (χ2n) is 9.04. The van der Waals surface area contributed by atoms with Crippen LogP contribution in [0, 0.1) is 5.82 Å². The van der Waals surface area contributed by atoms with Crippen molar-refractivity contribution in [2.24, 2.45) is 0 Å². The van der Waals surface area contributed by atoms with Crippen molar-refractivity contribution < 1.29 is 27.4 Å². The third kappa shape index (κ3) is 5.29. The van der Waals surface area contributed by atoms with Crippen LogP contribution in [0.5, 0.6) is 5.75 Å². The zero-order chi connectivity index (χ0) is 26.7. The van der Waals surface area contributed by atoms with Gasteiger partial charge < -0.3 is 14.4 Å². The summed E-state index contributed by atoms with van der Waals surface area (Å²) < 4.78 is 65.4. The van der Waals surface area contributed by atoms with Crippen LogP contribution in [0.25, 0.3) is 22.2 Å². The summed E-state index contributed by atoms with van der Waals surface area (Å²) in [5.74, 6) is -0.319. The van der Waals surface area contributed by atoms with Crippen LogP contribution in [0.4, 0.5) is 17.6 Å². The molecular weight excluding hydrogens is 494 g/mol. The zero-order valence-corrected chi connectivity index (χ0v) is 20.4. The molecule has 38 heavy (non-hydrogen) atoms. The van der Waals surface area contributed by atoms with Crippen LogP contribution in [-0.4, -0.2) is 16.3 Å². The quantitative estimate of drug-likeness (QED) is 0.214. The average Bonchev–Trinajstić information content (AvgIpc) is 3.19. The molecule has 0 bridgehead atoms. The van der Waals surface area contributed by atoms with Crippen molar-refractivity contribution in [3.63, 3.8) is 0 Å². The number of aliphatic hydroxyl groups is 1. The van der Waals surface area contributed by atoms with Crippen LogP contribution in [0.3, 0.4) is 0 Å². The third-order valence-corrected chi connectivity index (χ3v) is 6.47. The number of nitrogens with zero attached hydrogens (tertiary/aromatic N) is 1. The summed E-state index contributed by atoms with van der Waals surface area (Å²) in [4.78, 5) is 0. The number of hydrogen-bond acceptors (Lipinski definition) is 2. The van der Waals surface area contributed by atoms with Crippen LogP contribution < -0.4 is 4.74 Å². The van der Waals surface area contributed by atoms with Gasteiger partial charge in [-0.25, -0.2) is 4.39 Å². The van der Waals surface area contributed by atoms with E-state index in [1.165, 1.54) is 24.3 Å². The number of fused-ring (bicyclic) bond motifs is 1. The summed E-state index contributed by atoms with van der Waals surface area (Å²) in [7, 11) is 0. The molecule has 0 aliphatic rings. The Balaban J connectivity index is 1.62. The number of ether oxygens (including phenoxy) is 1. The second-order valence-corrected chi connectivity index (χ2v) is 9.04. The Bertz CT molecular complexity index is 1540. The lowest BCUT2D eigenvalue weighted by Crippen LogP contribution is -2.10. The molecular formula is C31H25F4NO2. The van der Waals surface area contributed by atoms with Gasteiger partial charge in [0.15, 0.2) is 5.82 Å². The van der Waals surface area contributed by atoms with Gasteiger partial charge in [-0.05, 0) is 47.4 Å². The minimum absolute atomic E-state index is 0.0137. The second kappa shape index (κ2) is 10.7. The lowest BCUT2D eigenvalue weighted by Gasteiger charge is -2.16. The summed E-state index contributed by atoms with van der Waals surface area (Å²) in [6.45, 7) is 0.448. The molecule has 0 amide bonds. The first-order valence-electron chi connectivity index (χ1n) is 12.2. The molecule has 1 heterocycles. The van der Waals surface area contributed by atoms with Crippen LogP contribution in [0.2, 0.25) is 0 Å². The van der Waals surface area contributed by atoms with Gasteiger partial charge in [-0.2, -0.15) is 13.2 Å². The van der Waals surface area contributed by atoms with Crippen molar-refractivity contribution in [2.75, 3.05) is 6.61 Å². The number of hydrogen-bond donors (Lipinski definition) is 1. The van der Waals surface area contributed by atoms with E-state index in [1.54, 1.807) is 16.7 Å². The van der Waals surface area contributed by atoms with Gasteiger partial charge in [0.05, 0.1) is 16.8 Å². The molecule has 0 aliphatic heterocycles. The number of alkyl halides is 3. The van der Waals surface area contributed by atoms with Crippen molar-refractivity contribution in [1.29, 1.82) is 0 Å². The standard InChI is InChI=1S/C31H25F4NO2/c32-29-26-18-24(38-20-23-6-2-1-3-7-23)14-15-28(26)36(19-22-12-10-21(11-13-22)16-17-37)30(29)25-8-4-5-9-27(25)31(33,34)35/h1-15,18,37H,16-17,19-20H2. The van der Waals surface area contributed by atoms with E-state index in [1.807, 2.05) is 54.6 Å². The monoisotopic (exact) mass is 519 g/mol. The molecule has 0 saturated carbocycles. The van der Waals surface area contributed by atoms with Crippen LogP contribution in [0.1, 0.15) is 22.3 Å². The number of rotatable bonds is 8. The van der Waals surface area contributed by atoms with Gasteiger partial charge in [0.25, 0.3) is 0 Å². The van der Waals surface area contributed by atoms with Crippen molar-refractivity contribution in [1.82, 2.24) is 4.57 Å². The van der Waals surface area contributed by atoms with Crippen LogP contribution in [0.15, 0.2) is 97.1 Å². The van der Waals surface area contributed by atoms with E-state index in [9.17, 15) is 18.3 Å². The van der Waals surface area contributed by atoms with Gasteiger partial charge in [0.1, 0.15) is 12.4 Å². The summed E-state index contributed by atoms with van der Waals surface area (Å²) in [5, 5.41) is 9.36. The maximum atomic E-state index is 16.1. The maximum absolute atomic E-state index is 16.1. The molecule has 1 N–H and O–H groups in total. The van der Waals surface area contributed by atoms with Gasteiger partial charge in [-0.1, -0.05) is 72.8 Å². The first-order valence-corrected chi connectivity index (χ1v) is 12.2. The highest BCUT2D eigenvalue weighted by Crippen LogP contribution is 2.41. The first-order chi connectivity index (χ1) is 18.3. The summed E-state index contributed by atoms with van der Waals surface area (Å²) >= 11 is 0. The molecule has 0 radical (unpaired) electrons. The Hall–Kier alpha value is -4.10. The fourth-order valence-corrected chi connectivity index (χ4v) is 4.61. The van der Waals surface area contributed by atoms with Crippen molar-refractivity contribution >= 4 is 10.9 Å². The van der Waals surface area contributed by atoms with Gasteiger partial charge >= 0.3 is 6.18 Å². The lowest BCUT2D eigenvalue weighted by atomic mass is 10.0. The molecule has 0 spiro atoms. The molecule has 0 fully saturated rings. The molecule has 0 aliphatic carbocycles. The van der Waals surface area contributed by atoms with Crippen molar-refractivity contribution in [3.05, 3.63) is 125 Å². The Morgan fingerprint density at radius 3 is 2.16 bits per heavy atom. The Morgan fingerprint density at radius 1 is 0.763 bits per heavy atom. The van der Waals surface area contributed by atoms with Crippen molar-refractivity contribution in [3.8, 4) is 17.0 Å². The maximum Gasteiger partial charge on any atom is 0.417 e. The minimum Gasteiger partial charge on any atom is -0.489 e. The largest absolute Gasteiger partial charge is 0.489 e. The fraction of sp³-hybridized carbons (Fsp3) is 0.161. The van der Waals surface area contributed by atoms with E-state index in [-0.39, 0.29) is 36.4 Å². The third-order valence-electron chi connectivity index (χ3n) is 6.47. The van der Waals surface area contributed by atoms with E-state index in [4.69, 9.17) is 4.74 Å². The molecule has 0 unspecified atom stereocenters. The molecule has 0 saturated heterocycles. The number of aromatic nitrogens is 1. The Kier molecular flexibility index (Phi) is 7.20. The zero-order valence-electron chi connectivity index (χ0n) is 20.4. The smallest absolute Gasteiger partial charge is 0.417 e. The van der Waals surface area contributed by atoms with E-state index < -0.39 is 17.6 Å². The van der Waals surface area contributed by atoms with Gasteiger partial charge in [-0.15, -0.1) is 0 Å². The van der Waals surface area contributed by atoms with Crippen molar-refractivity contribution in [2.45, 2.75) is 25.7 Å². The van der Waals surface area contributed by atoms with Gasteiger partial charge in [0, 0.05) is 24.1 Å². The SMILES string of the molecule is OCCc1ccc(Cn2c(-c3ccccc3C(F)(F)F)c(F)c3cc(OCc4ccccc4)ccc32)cc1.